The summed E-state index contributed by atoms with van der Waals surface area (Å²) in [5, 5.41) is 26.6. The fourth-order valence-electron chi connectivity index (χ4n) is 9.28. The minimum Gasteiger partial charge on any atom is -0.481 e. The minimum atomic E-state index is -0.882. The molecule has 3 aliphatic carbocycles. The second-order valence-corrected chi connectivity index (χ2v) is 12.9. The van der Waals surface area contributed by atoms with Gasteiger partial charge in [0.25, 0.3) is 0 Å². The van der Waals surface area contributed by atoms with Crippen molar-refractivity contribution in [3.63, 3.8) is 0 Å². The molecule has 1 heterocycles. The monoisotopic (exact) mass is 476 g/mol. The van der Waals surface area contributed by atoms with E-state index in [9.17, 15) is 14.7 Å². The van der Waals surface area contributed by atoms with Gasteiger partial charge in [-0.2, -0.15) is 0 Å². The Morgan fingerprint density at radius 1 is 1.09 bits per heavy atom. The zero-order chi connectivity index (χ0) is 24.7. The fourth-order valence-corrected chi connectivity index (χ4v) is 9.28. The van der Waals surface area contributed by atoms with Crippen molar-refractivity contribution >= 4 is 11.9 Å². The quantitative estimate of drug-likeness (QED) is 0.421. The van der Waals surface area contributed by atoms with Crippen molar-refractivity contribution in [3.05, 3.63) is 0 Å². The molecule has 34 heavy (non-hydrogen) atoms. The number of carboxylic acid groups (broad SMARTS) is 1. The van der Waals surface area contributed by atoms with Crippen molar-refractivity contribution < 1.29 is 19.8 Å². The van der Waals surface area contributed by atoms with Gasteiger partial charge in [0, 0.05) is 12.5 Å². The maximum atomic E-state index is 12.2. The van der Waals surface area contributed by atoms with Crippen LogP contribution in [-0.2, 0) is 9.59 Å². The topological polar surface area (TPSA) is 98.7 Å². The van der Waals surface area contributed by atoms with Crippen LogP contribution in [0.15, 0.2) is 0 Å². The second-order valence-electron chi connectivity index (χ2n) is 12.9. The number of amides is 1. The molecule has 3 saturated carbocycles. The van der Waals surface area contributed by atoms with E-state index in [4.69, 9.17) is 5.11 Å². The maximum Gasteiger partial charge on any atom is 0.305 e. The summed E-state index contributed by atoms with van der Waals surface area (Å²) in [6, 6.07) is -0.324. The van der Waals surface area contributed by atoms with Crippen molar-refractivity contribution in [3.8, 4) is 0 Å². The molecule has 0 bridgehead atoms. The van der Waals surface area contributed by atoms with E-state index < -0.39 is 5.97 Å². The fraction of sp³-hybridized carbons (Fsp3) is 0.929. The molecule has 4 fully saturated rings. The highest BCUT2D eigenvalue weighted by atomic mass is 16.4. The van der Waals surface area contributed by atoms with Crippen LogP contribution in [0.3, 0.4) is 0 Å². The molecule has 0 aromatic rings. The highest BCUT2D eigenvalue weighted by Gasteiger charge is 2.62. The Balaban J connectivity index is 1.35. The smallest absolute Gasteiger partial charge is 0.305 e. The molecule has 0 aromatic heterocycles. The molecule has 0 radical (unpaired) electrons. The predicted molar refractivity (Wildman–Crippen MR) is 133 cm³/mol. The number of carbonyl (C=O) groups excluding carboxylic acids is 1. The molecule has 4 rings (SSSR count). The third-order valence-corrected chi connectivity index (χ3v) is 11.0. The lowest BCUT2D eigenvalue weighted by Crippen LogP contribution is -2.60. The summed E-state index contributed by atoms with van der Waals surface area (Å²) < 4.78 is 0. The molecule has 0 spiro atoms. The standard InChI is InChI=1S/C28H48N2O4/c1-17(6-5-7-24(32)30-18(2)14-25(33)34)20-8-9-21-26-22(10-11-28(20,21)4)27(3)12-13-29-16-19(27)15-23(26)31/h17-23,26,29,31H,5-16H2,1-4H3,(H,30,32)(H,33,34)/t17-,18?,19-,20-,21+,22+,23+,26+,27+,28-/m1/s1. The van der Waals surface area contributed by atoms with Crippen molar-refractivity contribution in [1.29, 1.82) is 0 Å². The van der Waals surface area contributed by atoms with Crippen LogP contribution in [0.1, 0.15) is 91.9 Å². The lowest BCUT2D eigenvalue weighted by Gasteiger charge is -2.62. The van der Waals surface area contributed by atoms with E-state index in [2.05, 4.69) is 31.4 Å². The average Bonchev–Trinajstić information content (AvgIpc) is 3.10. The van der Waals surface area contributed by atoms with Crippen LogP contribution >= 0.6 is 0 Å². The van der Waals surface area contributed by atoms with Gasteiger partial charge >= 0.3 is 5.97 Å². The van der Waals surface area contributed by atoms with Gasteiger partial charge in [-0.1, -0.05) is 20.8 Å². The summed E-state index contributed by atoms with van der Waals surface area (Å²) in [4.78, 5) is 23.0. The van der Waals surface area contributed by atoms with Crippen LogP contribution in [0.4, 0.5) is 0 Å². The van der Waals surface area contributed by atoms with E-state index in [1.165, 1.54) is 32.1 Å². The maximum absolute atomic E-state index is 12.2. The third-order valence-electron chi connectivity index (χ3n) is 11.0. The number of fused-ring (bicyclic) bond motifs is 5. The van der Waals surface area contributed by atoms with Crippen molar-refractivity contribution in [2.24, 2.45) is 46.3 Å². The van der Waals surface area contributed by atoms with Gasteiger partial charge in [0.1, 0.15) is 0 Å². The van der Waals surface area contributed by atoms with Crippen LogP contribution in [0.5, 0.6) is 0 Å². The normalized spacial score (nSPS) is 43.2. The molecular formula is C28H48N2O4. The van der Waals surface area contributed by atoms with E-state index >= 15 is 0 Å². The predicted octanol–water partition coefficient (Wildman–Crippen LogP) is 4.21. The highest BCUT2D eigenvalue weighted by molar-refractivity contribution is 5.77. The number of aliphatic hydroxyl groups is 1. The summed E-state index contributed by atoms with van der Waals surface area (Å²) in [7, 11) is 0. The van der Waals surface area contributed by atoms with Crippen LogP contribution in [0.25, 0.3) is 0 Å². The van der Waals surface area contributed by atoms with E-state index in [1.807, 2.05) is 0 Å². The number of hydrogen-bond donors (Lipinski definition) is 4. The Bertz CT molecular complexity index is 759. The van der Waals surface area contributed by atoms with Crippen LogP contribution in [0.2, 0.25) is 0 Å². The van der Waals surface area contributed by atoms with Crippen molar-refractivity contribution in [2.45, 2.75) is 104 Å². The van der Waals surface area contributed by atoms with Gasteiger partial charge in [-0.25, -0.2) is 0 Å². The van der Waals surface area contributed by atoms with Crippen LogP contribution in [-0.4, -0.2) is 47.3 Å². The second kappa shape index (κ2) is 10.1. The summed E-state index contributed by atoms with van der Waals surface area (Å²) in [6.07, 6.45) is 9.43. The molecule has 0 aromatic carbocycles. The van der Waals surface area contributed by atoms with Gasteiger partial charge < -0.3 is 20.8 Å². The molecule has 4 N–H and O–H groups in total. The molecule has 1 saturated heterocycles. The molecule has 10 atom stereocenters. The highest BCUT2D eigenvalue weighted by Crippen LogP contribution is 2.67. The lowest BCUT2D eigenvalue weighted by atomic mass is 9.45. The Morgan fingerprint density at radius 2 is 1.82 bits per heavy atom. The Labute approximate surface area is 206 Å². The Hall–Kier alpha value is -1.14. The largest absolute Gasteiger partial charge is 0.481 e. The van der Waals surface area contributed by atoms with Crippen molar-refractivity contribution in [1.82, 2.24) is 10.6 Å². The van der Waals surface area contributed by atoms with E-state index in [1.54, 1.807) is 6.92 Å². The van der Waals surface area contributed by atoms with Crippen LogP contribution < -0.4 is 10.6 Å². The minimum absolute atomic E-state index is 0.0335. The number of carboxylic acids is 1. The van der Waals surface area contributed by atoms with Gasteiger partial charge in [-0.05, 0) is 118 Å². The summed E-state index contributed by atoms with van der Waals surface area (Å²) in [5.74, 6) is 2.67. The molecule has 1 amide bonds. The van der Waals surface area contributed by atoms with Gasteiger partial charge in [-0.15, -0.1) is 0 Å². The summed E-state index contributed by atoms with van der Waals surface area (Å²) in [5.41, 5.74) is 0.682. The SMILES string of the molecule is CC(CC(=O)O)NC(=O)CCC[C@@H](C)[C@H]1CC[C@H]2[C@@H]3[C@@H](O)C[C@@H]4CNCC[C@]4(C)[C@H]3CC[C@]12C. The van der Waals surface area contributed by atoms with Gasteiger partial charge in [-0.3, -0.25) is 9.59 Å². The number of hydrogen-bond acceptors (Lipinski definition) is 4. The van der Waals surface area contributed by atoms with Gasteiger partial charge in [0.05, 0.1) is 12.5 Å². The molecular weight excluding hydrogens is 428 g/mol. The third kappa shape index (κ3) is 4.78. The first-order chi connectivity index (χ1) is 16.1. The molecule has 194 valence electrons. The number of carbonyl (C=O) groups is 2. The van der Waals surface area contributed by atoms with E-state index in [0.29, 0.717) is 52.8 Å². The van der Waals surface area contributed by atoms with Gasteiger partial charge in [0.2, 0.25) is 5.91 Å². The Kier molecular flexibility index (Phi) is 7.69. The Morgan fingerprint density at radius 3 is 2.56 bits per heavy atom. The number of piperidine rings is 1. The van der Waals surface area contributed by atoms with E-state index in [0.717, 1.165) is 32.4 Å². The van der Waals surface area contributed by atoms with E-state index in [-0.39, 0.29) is 24.5 Å². The zero-order valence-corrected chi connectivity index (χ0v) is 21.8. The zero-order valence-electron chi connectivity index (χ0n) is 21.8. The number of nitrogens with one attached hydrogen (secondary N) is 2. The summed E-state index contributed by atoms with van der Waals surface area (Å²) in [6.45, 7) is 11.4. The summed E-state index contributed by atoms with van der Waals surface area (Å²) >= 11 is 0. The lowest BCUT2D eigenvalue weighted by molar-refractivity contribution is -0.161. The first-order valence-corrected chi connectivity index (χ1v) is 14.0. The first kappa shape index (κ1) is 25.9. The first-order valence-electron chi connectivity index (χ1n) is 14.0. The molecule has 1 aliphatic heterocycles. The molecule has 6 nitrogen and oxygen atoms in total. The molecule has 6 heteroatoms. The van der Waals surface area contributed by atoms with Crippen LogP contribution in [0, 0.1) is 46.3 Å². The number of aliphatic carboxylic acids is 1. The number of aliphatic hydroxyl groups excluding tert-OH is 1. The molecule has 4 aliphatic rings. The number of rotatable bonds is 8. The average molecular weight is 477 g/mol. The van der Waals surface area contributed by atoms with Gasteiger partial charge in [0.15, 0.2) is 0 Å². The molecule has 1 unspecified atom stereocenters. The van der Waals surface area contributed by atoms with Crippen molar-refractivity contribution in [2.75, 3.05) is 13.1 Å².